The SMILES string of the molecule is CCC(NC(=O)c1ccccc1O)C(=O)O. The lowest BCUT2D eigenvalue weighted by atomic mass is 10.1. The zero-order valence-electron chi connectivity index (χ0n) is 8.80. The molecule has 0 fully saturated rings. The highest BCUT2D eigenvalue weighted by atomic mass is 16.4. The molecule has 1 aromatic carbocycles. The van der Waals surface area contributed by atoms with Crippen LogP contribution in [0.3, 0.4) is 0 Å². The number of carbonyl (C=O) groups excluding carboxylic acids is 1. The van der Waals surface area contributed by atoms with Gasteiger partial charge in [-0.2, -0.15) is 0 Å². The molecule has 0 saturated carbocycles. The van der Waals surface area contributed by atoms with E-state index in [2.05, 4.69) is 5.32 Å². The van der Waals surface area contributed by atoms with Crippen LogP contribution in [0.1, 0.15) is 23.7 Å². The third kappa shape index (κ3) is 2.73. The van der Waals surface area contributed by atoms with Crippen LogP contribution in [-0.2, 0) is 4.79 Å². The molecule has 1 rings (SSSR count). The van der Waals surface area contributed by atoms with E-state index in [1.165, 1.54) is 12.1 Å². The molecule has 0 aliphatic heterocycles. The monoisotopic (exact) mass is 223 g/mol. The fraction of sp³-hybridized carbons (Fsp3) is 0.273. The number of benzene rings is 1. The first-order valence-electron chi connectivity index (χ1n) is 4.88. The normalized spacial score (nSPS) is 11.8. The number of carbonyl (C=O) groups is 2. The lowest BCUT2D eigenvalue weighted by Gasteiger charge is -2.12. The fourth-order valence-corrected chi connectivity index (χ4v) is 1.24. The van der Waals surface area contributed by atoms with E-state index in [1.54, 1.807) is 19.1 Å². The summed E-state index contributed by atoms with van der Waals surface area (Å²) in [6.45, 7) is 1.66. The largest absolute Gasteiger partial charge is 0.507 e. The third-order valence-electron chi connectivity index (χ3n) is 2.16. The number of amides is 1. The molecule has 5 heteroatoms. The minimum absolute atomic E-state index is 0.0715. The Balaban J connectivity index is 2.80. The van der Waals surface area contributed by atoms with Gasteiger partial charge >= 0.3 is 5.97 Å². The minimum Gasteiger partial charge on any atom is -0.507 e. The highest BCUT2D eigenvalue weighted by Crippen LogP contribution is 2.15. The maximum Gasteiger partial charge on any atom is 0.326 e. The van der Waals surface area contributed by atoms with Crippen molar-refractivity contribution < 1.29 is 19.8 Å². The van der Waals surface area contributed by atoms with Crippen LogP contribution in [0.4, 0.5) is 0 Å². The number of carboxylic acid groups (broad SMARTS) is 1. The molecule has 16 heavy (non-hydrogen) atoms. The van der Waals surface area contributed by atoms with Crippen LogP contribution < -0.4 is 5.32 Å². The average molecular weight is 223 g/mol. The summed E-state index contributed by atoms with van der Waals surface area (Å²) < 4.78 is 0. The van der Waals surface area contributed by atoms with E-state index in [0.29, 0.717) is 0 Å². The molecule has 0 aliphatic rings. The predicted molar refractivity (Wildman–Crippen MR) is 57.3 cm³/mol. The maximum atomic E-state index is 11.6. The number of nitrogens with one attached hydrogen (secondary N) is 1. The van der Waals surface area contributed by atoms with Crippen molar-refractivity contribution in [3.05, 3.63) is 29.8 Å². The second-order valence-electron chi connectivity index (χ2n) is 3.29. The lowest BCUT2D eigenvalue weighted by molar-refractivity contribution is -0.139. The molecule has 1 unspecified atom stereocenters. The summed E-state index contributed by atoms with van der Waals surface area (Å²) in [6, 6.07) is 5.04. The number of aromatic hydroxyl groups is 1. The van der Waals surface area contributed by atoms with Gasteiger partial charge in [0.2, 0.25) is 0 Å². The maximum absolute atomic E-state index is 11.6. The van der Waals surface area contributed by atoms with Gasteiger partial charge in [0.1, 0.15) is 11.8 Å². The lowest BCUT2D eigenvalue weighted by Crippen LogP contribution is -2.40. The van der Waals surface area contributed by atoms with Gasteiger partial charge in [-0.05, 0) is 18.6 Å². The number of hydrogen-bond donors (Lipinski definition) is 3. The summed E-state index contributed by atoms with van der Waals surface area (Å²) in [4.78, 5) is 22.3. The predicted octanol–water partition coefficient (Wildman–Crippen LogP) is 0.985. The van der Waals surface area contributed by atoms with Gasteiger partial charge in [0.15, 0.2) is 0 Å². The van der Waals surface area contributed by atoms with E-state index < -0.39 is 17.9 Å². The van der Waals surface area contributed by atoms with E-state index in [1.807, 2.05) is 0 Å². The van der Waals surface area contributed by atoms with Gasteiger partial charge in [-0.3, -0.25) is 4.79 Å². The van der Waals surface area contributed by atoms with Crippen LogP contribution in [0, 0.1) is 0 Å². The average Bonchev–Trinajstić information content (AvgIpc) is 2.25. The summed E-state index contributed by atoms with van der Waals surface area (Å²) >= 11 is 0. The van der Waals surface area contributed by atoms with Crippen molar-refractivity contribution in [2.45, 2.75) is 19.4 Å². The Kier molecular flexibility index (Phi) is 3.88. The van der Waals surface area contributed by atoms with Crippen LogP contribution in [-0.4, -0.2) is 28.1 Å². The van der Waals surface area contributed by atoms with E-state index in [0.717, 1.165) is 0 Å². The topological polar surface area (TPSA) is 86.6 Å². The summed E-state index contributed by atoms with van der Waals surface area (Å²) in [5, 5.41) is 20.5. The zero-order valence-corrected chi connectivity index (χ0v) is 8.80. The van der Waals surface area contributed by atoms with Crippen molar-refractivity contribution in [2.24, 2.45) is 0 Å². The summed E-state index contributed by atoms with van der Waals surface area (Å²) in [7, 11) is 0. The number of rotatable bonds is 4. The quantitative estimate of drug-likeness (QED) is 0.710. The number of hydrogen-bond acceptors (Lipinski definition) is 3. The summed E-state index contributed by atoms with van der Waals surface area (Å²) in [5.41, 5.74) is 0.0715. The molecule has 3 N–H and O–H groups in total. The number of aliphatic carboxylic acids is 1. The molecular formula is C11H13NO4. The molecule has 1 aromatic rings. The van der Waals surface area contributed by atoms with Gasteiger partial charge in [-0.1, -0.05) is 19.1 Å². The number of phenols is 1. The second kappa shape index (κ2) is 5.16. The van der Waals surface area contributed by atoms with Gasteiger partial charge in [0, 0.05) is 0 Å². The van der Waals surface area contributed by atoms with Crippen LogP contribution in [0.5, 0.6) is 5.75 Å². The Bertz CT molecular complexity index is 403. The smallest absolute Gasteiger partial charge is 0.326 e. The van der Waals surface area contributed by atoms with Crippen LogP contribution in [0.25, 0.3) is 0 Å². The van der Waals surface area contributed by atoms with Crippen LogP contribution in [0.2, 0.25) is 0 Å². The third-order valence-corrected chi connectivity index (χ3v) is 2.16. The van der Waals surface area contributed by atoms with Gasteiger partial charge in [-0.25, -0.2) is 4.79 Å². The first-order chi connectivity index (χ1) is 7.56. The number of phenolic OH excluding ortho intramolecular Hbond substituents is 1. The van der Waals surface area contributed by atoms with Gasteiger partial charge in [0.05, 0.1) is 5.56 Å². The Morgan fingerprint density at radius 2 is 2.00 bits per heavy atom. The van der Waals surface area contributed by atoms with E-state index in [-0.39, 0.29) is 17.7 Å². The summed E-state index contributed by atoms with van der Waals surface area (Å²) in [6.07, 6.45) is 0.286. The zero-order chi connectivity index (χ0) is 12.1. The fourth-order valence-electron chi connectivity index (χ4n) is 1.24. The van der Waals surface area contributed by atoms with Crippen molar-refractivity contribution >= 4 is 11.9 Å². The molecule has 0 bridgehead atoms. The van der Waals surface area contributed by atoms with Crippen molar-refractivity contribution in [2.75, 3.05) is 0 Å². The molecule has 1 atom stereocenters. The van der Waals surface area contributed by atoms with Crippen molar-refractivity contribution in [3.8, 4) is 5.75 Å². The minimum atomic E-state index is -1.09. The Morgan fingerprint density at radius 3 is 2.50 bits per heavy atom. The molecule has 0 aliphatic carbocycles. The van der Waals surface area contributed by atoms with E-state index in [4.69, 9.17) is 5.11 Å². The van der Waals surface area contributed by atoms with Gasteiger partial charge in [-0.15, -0.1) is 0 Å². The molecule has 0 saturated heterocycles. The van der Waals surface area contributed by atoms with Crippen molar-refractivity contribution in [3.63, 3.8) is 0 Å². The molecule has 5 nitrogen and oxygen atoms in total. The highest BCUT2D eigenvalue weighted by Gasteiger charge is 2.19. The van der Waals surface area contributed by atoms with E-state index >= 15 is 0 Å². The molecule has 0 radical (unpaired) electrons. The van der Waals surface area contributed by atoms with Gasteiger partial charge in [0.25, 0.3) is 5.91 Å². The molecule has 0 heterocycles. The van der Waals surface area contributed by atoms with Crippen LogP contribution in [0.15, 0.2) is 24.3 Å². The number of para-hydroxylation sites is 1. The van der Waals surface area contributed by atoms with Crippen molar-refractivity contribution in [1.29, 1.82) is 0 Å². The second-order valence-corrected chi connectivity index (χ2v) is 3.29. The standard InChI is InChI=1S/C11H13NO4/c1-2-8(11(15)16)12-10(14)7-5-3-4-6-9(7)13/h3-6,8,13H,2H2,1H3,(H,12,14)(H,15,16). The van der Waals surface area contributed by atoms with Crippen molar-refractivity contribution in [1.82, 2.24) is 5.32 Å². The number of carboxylic acids is 1. The molecule has 0 aromatic heterocycles. The Morgan fingerprint density at radius 1 is 1.38 bits per heavy atom. The summed E-state index contributed by atoms with van der Waals surface area (Å²) in [5.74, 6) is -1.85. The Hall–Kier alpha value is -2.04. The molecular weight excluding hydrogens is 210 g/mol. The highest BCUT2D eigenvalue weighted by molar-refractivity contribution is 5.98. The van der Waals surface area contributed by atoms with Crippen LogP contribution >= 0.6 is 0 Å². The molecule has 0 spiro atoms. The first-order valence-corrected chi connectivity index (χ1v) is 4.88. The molecule has 1 amide bonds. The van der Waals surface area contributed by atoms with Gasteiger partial charge < -0.3 is 15.5 Å². The molecule has 86 valence electrons. The Labute approximate surface area is 92.7 Å². The first kappa shape index (κ1) is 12.0. The van der Waals surface area contributed by atoms with E-state index in [9.17, 15) is 14.7 Å².